The van der Waals surface area contributed by atoms with Crippen molar-refractivity contribution in [1.29, 1.82) is 5.26 Å². The van der Waals surface area contributed by atoms with Crippen molar-refractivity contribution < 1.29 is 4.74 Å². The largest absolute Gasteiger partial charge is 0.380 e. The van der Waals surface area contributed by atoms with Gasteiger partial charge in [-0.25, -0.2) is 0 Å². The molecule has 0 aromatic rings. The molecular weight excluding hydrogens is 164 g/mol. The Morgan fingerprint density at radius 1 is 1.54 bits per heavy atom. The van der Waals surface area contributed by atoms with Crippen LogP contribution in [0.4, 0.5) is 0 Å². The van der Waals surface area contributed by atoms with Crippen molar-refractivity contribution in [3.8, 4) is 6.07 Å². The summed E-state index contributed by atoms with van der Waals surface area (Å²) in [7, 11) is 0. The van der Waals surface area contributed by atoms with Gasteiger partial charge in [-0.2, -0.15) is 5.26 Å². The molecule has 3 heteroatoms. The highest BCUT2D eigenvalue weighted by Gasteiger charge is 2.52. The minimum absolute atomic E-state index is 0.153. The minimum atomic E-state index is 0.153. The maximum Gasteiger partial charge on any atom is 0.0691 e. The van der Waals surface area contributed by atoms with E-state index in [1.54, 1.807) is 0 Å². The SMILES string of the molecule is CCC1CNCC(C#N)C12COC2. The fourth-order valence-electron chi connectivity index (χ4n) is 2.59. The van der Waals surface area contributed by atoms with E-state index in [1.807, 2.05) is 0 Å². The smallest absolute Gasteiger partial charge is 0.0691 e. The van der Waals surface area contributed by atoms with Gasteiger partial charge in [-0.05, 0) is 12.5 Å². The minimum Gasteiger partial charge on any atom is -0.380 e. The van der Waals surface area contributed by atoms with Crippen molar-refractivity contribution in [2.24, 2.45) is 17.3 Å². The first kappa shape index (κ1) is 8.98. The second-order valence-corrected chi connectivity index (χ2v) is 4.17. The van der Waals surface area contributed by atoms with Crippen LogP contribution in [0.25, 0.3) is 0 Å². The van der Waals surface area contributed by atoms with Crippen LogP contribution in [0.15, 0.2) is 0 Å². The van der Waals surface area contributed by atoms with E-state index in [0.29, 0.717) is 5.92 Å². The number of hydrogen-bond acceptors (Lipinski definition) is 3. The first-order valence-corrected chi connectivity index (χ1v) is 5.01. The van der Waals surface area contributed by atoms with Crippen LogP contribution < -0.4 is 5.32 Å². The van der Waals surface area contributed by atoms with Crippen molar-refractivity contribution in [3.63, 3.8) is 0 Å². The fraction of sp³-hybridized carbons (Fsp3) is 0.900. The zero-order valence-electron chi connectivity index (χ0n) is 8.05. The number of hydrogen-bond donors (Lipinski definition) is 1. The summed E-state index contributed by atoms with van der Waals surface area (Å²) < 4.78 is 5.30. The van der Waals surface area contributed by atoms with Gasteiger partial charge >= 0.3 is 0 Å². The lowest BCUT2D eigenvalue weighted by Crippen LogP contribution is -2.61. The summed E-state index contributed by atoms with van der Waals surface area (Å²) >= 11 is 0. The van der Waals surface area contributed by atoms with Crippen LogP contribution in [0.1, 0.15) is 13.3 Å². The molecule has 2 heterocycles. The Morgan fingerprint density at radius 2 is 2.31 bits per heavy atom. The summed E-state index contributed by atoms with van der Waals surface area (Å²) in [6, 6.07) is 2.42. The molecule has 13 heavy (non-hydrogen) atoms. The van der Waals surface area contributed by atoms with Crippen molar-refractivity contribution in [2.75, 3.05) is 26.3 Å². The first-order chi connectivity index (χ1) is 6.33. The first-order valence-electron chi connectivity index (χ1n) is 5.01. The van der Waals surface area contributed by atoms with Crippen LogP contribution in [-0.2, 0) is 4.74 Å². The van der Waals surface area contributed by atoms with Gasteiger partial charge < -0.3 is 10.1 Å². The van der Waals surface area contributed by atoms with Crippen LogP contribution >= 0.6 is 0 Å². The molecule has 2 aliphatic heterocycles. The third-order valence-corrected chi connectivity index (χ3v) is 3.64. The highest BCUT2D eigenvalue weighted by Crippen LogP contribution is 2.45. The third kappa shape index (κ3) is 1.17. The molecule has 72 valence electrons. The van der Waals surface area contributed by atoms with Crippen molar-refractivity contribution in [1.82, 2.24) is 5.32 Å². The molecule has 0 bridgehead atoms. The average Bonchev–Trinajstić information content (AvgIpc) is 2.13. The van der Waals surface area contributed by atoms with Gasteiger partial charge in [-0.15, -0.1) is 0 Å². The molecule has 0 aromatic carbocycles. The van der Waals surface area contributed by atoms with E-state index in [4.69, 9.17) is 10.00 Å². The van der Waals surface area contributed by atoms with Crippen LogP contribution in [-0.4, -0.2) is 26.3 Å². The molecule has 0 radical (unpaired) electrons. The summed E-state index contributed by atoms with van der Waals surface area (Å²) in [6.45, 7) is 5.69. The molecular formula is C10H16N2O. The molecule has 2 unspecified atom stereocenters. The van der Waals surface area contributed by atoms with E-state index in [1.165, 1.54) is 0 Å². The molecule has 2 atom stereocenters. The molecule has 0 saturated carbocycles. The van der Waals surface area contributed by atoms with Crippen LogP contribution in [0.5, 0.6) is 0 Å². The lowest BCUT2D eigenvalue weighted by molar-refractivity contribution is -0.176. The highest BCUT2D eigenvalue weighted by molar-refractivity contribution is 5.08. The molecule has 2 rings (SSSR count). The summed E-state index contributed by atoms with van der Waals surface area (Å²) in [5, 5.41) is 12.4. The molecule has 2 saturated heterocycles. The topological polar surface area (TPSA) is 45.0 Å². The summed E-state index contributed by atoms with van der Waals surface area (Å²) in [6.07, 6.45) is 1.15. The van der Waals surface area contributed by atoms with E-state index in [9.17, 15) is 0 Å². The monoisotopic (exact) mass is 180 g/mol. The second kappa shape index (κ2) is 3.28. The molecule has 3 nitrogen and oxygen atoms in total. The maximum atomic E-state index is 9.06. The second-order valence-electron chi connectivity index (χ2n) is 4.17. The van der Waals surface area contributed by atoms with Gasteiger partial charge in [0.15, 0.2) is 0 Å². The Morgan fingerprint density at radius 3 is 2.77 bits per heavy atom. The van der Waals surface area contributed by atoms with Gasteiger partial charge in [0.1, 0.15) is 0 Å². The molecule has 2 fully saturated rings. The maximum absolute atomic E-state index is 9.06. The van der Waals surface area contributed by atoms with E-state index in [-0.39, 0.29) is 11.3 Å². The summed E-state index contributed by atoms with van der Waals surface area (Å²) in [5.41, 5.74) is 0.189. The lowest BCUT2D eigenvalue weighted by atomic mass is 9.62. The zero-order valence-corrected chi connectivity index (χ0v) is 8.05. The molecule has 0 aromatic heterocycles. The molecule has 1 spiro atoms. The van der Waals surface area contributed by atoms with Gasteiger partial charge in [0.25, 0.3) is 0 Å². The Labute approximate surface area is 79.1 Å². The predicted octanol–water partition coefficient (Wildman–Crippen LogP) is 0.772. The normalized spacial score (nSPS) is 36.6. The Balaban J connectivity index is 2.17. The van der Waals surface area contributed by atoms with E-state index >= 15 is 0 Å². The number of nitriles is 1. The van der Waals surface area contributed by atoms with E-state index in [2.05, 4.69) is 18.3 Å². The Kier molecular flexibility index (Phi) is 2.27. The van der Waals surface area contributed by atoms with Crippen molar-refractivity contribution >= 4 is 0 Å². The van der Waals surface area contributed by atoms with Gasteiger partial charge in [0, 0.05) is 12.0 Å². The van der Waals surface area contributed by atoms with Gasteiger partial charge in [-0.3, -0.25) is 0 Å². The fourth-order valence-corrected chi connectivity index (χ4v) is 2.59. The van der Waals surface area contributed by atoms with E-state index < -0.39 is 0 Å². The number of piperidine rings is 1. The van der Waals surface area contributed by atoms with Crippen LogP contribution in [0, 0.1) is 28.6 Å². The van der Waals surface area contributed by atoms with Gasteiger partial charge in [0.05, 0.1) is 25.2 Å². The Bertz CT molecular complexity index is 230. The molecule has 0 amide bonds. The van der Waals surface area contributed by atoms with Crippen LogP contribution in [0.3, 0.4) is 0 Å². The zero-order chi connectivity index (χ0) is 9.31. The standard InChI is InChI=1S/C10H16N2O/c1-2-8-4-12-5-9(3-11)10(8)6-13-7-10/h8-9,12H,2,4-7H2,1H3. The van der Waals surface area contributed by atoms with E-state index in [0.717, 1.165) is 32.7 Å². The highest BCUT2D eigenvalue weighted by atomic mass is 16.5. The quantitative estimate of drug-likeness (QED) is 0.648. The average molecular weight is 180 g/mol. The number of nitrogens with zero attached hydrogens (tertiary/aromatic N) is 1. The van der Waals surface area contributed by atoms with Crippen molar-refractivity contribution in [2.45, 2.75) is 13.3 Å². The number of ether oxygens (including phenoxy) is 1. The molecule has 2 aliphatic rings. The van der Waals surface area contributed by atoms with Crippen LogP contribution in [0.2, 0.25) is 0 Å². The molecule has 0 aliphatic carbocycles. The number of rotatable bonds is 1. The molecule has 1 N–H and O–H groups in total. The Hall–Kier alpha value is -0.590. The van der Waals surface area contributed by atoms with Gasteiger partial charge in [0.2, 0.25) is 0 Å². The number of nitrogens with one attached hydrogen (secondary N) is 1. The lowest BCUT2D eigenvalue weighted by Gasteiger charge is -2.52. The summed E-state index contributed by atoms with van der Waals surface area (Å²) in [5.74, 6) is 0.777. The predicted molar refractivity (Wildman–Crippen MR) is 49.0 cm³/mol. The van der Waals surface area contributed by atoms with Crippen molar-refractivity contribution in [3.05, 3.63) is 0 Å². The van der Waals surface area contributed by atoms with Gasteiger partial charge in [-0.1, -0.05) is 13.3 Å². The summed E-state index contributed by atoms with van der Waals surface area (Å²) in [4.78, 5) is 0. The third-order valence-electron chi connectivity index (χ3n) is 3.64.